The summed E-state index contributed by atoms with van der Waals surface area (Å²) in [6.07, 6.45) is 60.3. The van der Waals surface area contributed by atoms with Crippen molar-refractivity contribution in [2.75, 3.05) is 13.2 Å². The summed E-state index contributed by atoms with van der Waals surface area (Å²) in [6.45, 7) is 6.35. The van der Waals surface area contributed by atoms with Crippen LogP contribution in [0.3, 0.4) is 0 Å². The van der Waals surface area contributed by atoms with Gasteiger partial charge in [0.25, 0.3) is 0 Å². The van der Waals surface area contributed by atoms with Crippen molar-refractivity contribution in [1.82, 2.24) is 0 Å². The van der Waals surface area contributed by atoms with Gasteiger partial charge in [0.05, 0.1) is 0 Å². The van der Waals surface area contributed by atoms with E-state index in [0.717, 1.165) is 116 Å². The van der Waals surface area contributed by atoms with Gasteiger partial charge in [-0.25, -0.2) is 0 Å². The molecule has 0 aromatic heterocycles. The summed E-state index contributed by atoms with van der Waals surface area (Å²) in [5.74, 6) is -0.918. The average molecular weight is 837 g/mol. The van der Waals surface area contributed by atoms with E-state index in [2.05, 4.69) is 93.7 Å². The second-order valence-electron chi connectivity index (χ2n) is 16.3. The largest absolute Gasteiger partial charge is 0.462 e. The Morgan fingerprint density at radius 3 is 1.03 bits per heavy atom. The molecule has 0 heterocycles. The highest BCUT2D eigenvalue weighted by Gasteiger charge is 2.19. The van der Waals surface area contributed by atoms with Crippen molar-refractivity contribution in [3.8, 4) is 0 Å². The summed E-state index contributed by atoms with van der Waals surface area (Å²) in [6, 6.07) is 0. The minimum Gasteiger partial charge on any atom is -0.462 e. The molecule has 6 heteroatoms. The summed E-state index contributed by atoms with van der Waals surface area (Å²) >= 11 is 0. The highest BCUT2D eigenvalue weighted by Crippen LogP contribution is 2.14. The minimum absolute atomic E-state index is 0.0870. The quantitative estimate of drug-likeness (QED) is 0.0263. The summed E-state index contributed by atoms with van der Waals surface area (Å²) in [4.78, 5) is 37.9. The molecule has 0 amide bonds. The SMILES string of the molecule is CC/C=C\C/C=C\C/C=C\CCCCCCCCCCCC(=O)OCC(COC(=O)CCCCCCC/C=C\CCCC)OC(=O)CCCCCCC/C=C\C/C=C\CC. The highest BCUT2D eigenvalue weighted by atomic mass is 16.6. The smallest absolute Gasteiger partial charge is 0.306 e. The van der Waals surface area contributed by atoms with Gasteiger partial charge in [0.2, 0.25) is 0 Å². The van der Waals surface area contributed by atoms with Gasteiger partial charge in [-0.1, -0.05) is 190 Å². The maximum atomic E-state index is 12.7. The molecule has 60 heavy (non-hydrogen) atoms. The topological polar surface area (TPSA) is 78.9 Å². The standard InChI is InChI=1S/C54H92O6/c1-4-7-10-13-16-19-22-24-25-26-27-28-29-30-33-35-38-41-44-47-53(56)59-50-51(49-58-52(55)46-43-40-37-34-31-21-18-15-12-9-6-3)60-54(57)48-45-42-39-36-32-23-20-17-14-11-8-5-2/h7-8,10-11,15-20,24-25,51H,4-6,9,12-14,21-23,26-50H2,1-3H3/b10-7-,11-8-,18-15-,19-16-,20-17-,25-24-. The van der Waals surface area contributed by atoms with Gasteiger partial charge in [-0.2, -0.15) is 0 Å². The van der Waals surface area contributed by atoms with Gasteiger partial charge in [0.1, 0.15) is 13.2 Å². The van der Waals surface area contributed by atoms with Crippen molar-refractivity contribution in [3.05, 3.63) is 72.9 Å². The molecule has 0 aromatic carbocycles. The molecule has 0 N–H and O–H groups in total. The van der Waals surface area contributed by atoms with E-state index in [4.69, 9.17) is 14.2 Å². The van der Waals surface area contributed by atoms with E-state index in [1.54, 1.807) is 0 Å². The average Bonchev–Trinajstić information content (AvgIpc) is 3.24. The number of carbonyl (C=O) groups is 3. The number of hydrogen-bond acceptors (Lipinski definition) is 6. The Labute approximate surface area is 370 Å². The van der Waals surface area contributed by atoms with Gasteiger partial charge in [-0.3, -0.25) is 14.4 Å². The minimum atomic E-state index is -0.786. The molecule has 0 saturated heterocycles. The van der Waals surface area contributed by atoms with Crippen molar-refractivity contribution >= 4 is 17.9 Å². The van der Waals surface area contributed by atoms with Gasteiger partial charge in [-0.05, 0) is 96.3 Å². The van der Waals surface area contributed by atoms with E-state index in [1.165, 1.54) is 77.0 Å². The zero-order chi connectivity index (χ0) is 43.7. The molecule has 0 bridgehead atoms. The van der Waals surface area contributed by atoms with Crippen LogP contribution >= 0.6 is 0 Å². The van der Waals surface area contributed by atoms with E-state index in [0.29, 0.717) is 19.3 Å². The molecular formula is C54H92O6. The molecule has 1 atom stereocenters. The Bertz CT molecular complexity index is 1140. The normalized spacial score (nSPS) is 12.7. The monoisotopic (exact) mass is 837 g/mol. The predicted octanol–water partition coefficient (Wildman–Crippen LogP) is 16.3. The van der Waals surface area contributed by atoms with Crippen LogP contribution in [0.25, 0.3) is 0 Å². The lowest BCUT2D eigenvalue weighted by molar-refractivity contribution is -0.167. The van der Waals surface area contributed by atoms with Crippen LogP contribution in [0.15, 0.2) is 72.9 Å². The number of allylic oxidation sites excluding steroid dienone is 12. The van der Waals surface area contributed by atoms with E-state index < -0.39 is 6.10 Å². The van der Waals surface area contributed by atoms with Crippen molar-refractivity contribution in [1.29, 1.82) is 0 Å². The van der Waals surface area contributed by atoms with Crippen molar-refractivity contribution in [3.63, 3.8) is 0 Å². The third kappa shape index (κ3) is 45.9. The number of unbranched alkanes of at least 4 members (excludes halogenated alkanes) is 21. The zero-order valence-corrected chi connectivity index (χ0v) is 39.2. The molecule has 0 aliphatic rings. The highest BCUT2D eigenvalue weighted by molar-refractivity contribution is 5.71. The van der Waals surface area contributed by atoms with E-state index in [-0.39, 0.29) is 31.1 Å². The molecule has 0 aliphatic heterocycles. The molecule has 0 spiro atoms. The summed E-state index contributed by atoms with van der Waals surface area (Å²) in [5.41, 5.74) is 0. The fourth-order valence-electron chi connectivity index (χ4n) is 6.71. The molecule has 0 aromatic rings. The molecule has 0 aliphatic carbocycles. The number of carbonyl (C=O) groups excluding carboxylic acids is 3. The molecule has 6 nitrogen and oxygen atoms in total. The van der Waals surface area contributed by atoms with Crippen LogP contribution in [0.4, 0.5) is 0 Å². The first-order valence-corrected chi connectivity index (χ1v) is 24.9. The summed E-state index contributed by atoms with van der Waals surface area (Å²) in [5, 5.41) is 0. The number of hydrogen-bond donors (Lipinski definition) is 0. The zero-order valence-electron chi connectivity index (χ0n) is 39.2. The van der Waals surface area contributed by atoms with Crippen LogP contribution in [-0.4, -0.2) is 37.2 Å². The van der Waals surface area contributed by atoms with Crippen LogP contribution in [0, 0.1) is 0 Å². The van der Waals surface area contributed by atoms with Gasteiger partial charge in [0, 0.05) is 19.3 Å². The first-order valence-electron chi connectivity index (χ1n) is 24.9. The molecule has 0 saturated carbocycles. The van der Waals surface area contributed by atoms with Crippen molar-refractivity contribution in [2.24, 2.45) is 0 Å². The summed E-state index contributed by atoms with van der Waals surface area (Å²) < 4.78 is 16.7. The fourth-order valence-corrected chi connectivity index (χ4v) is 6.71. The van der Waals surface area contributed by atoms with E-state index in [1.807, 2.05) is 0 Å². The summed E-state index contributed by atoms with van der Waals surface area (Å²) in [7, 11) is 0. The van der Waals surface area contributed by atoms with Crippen LogP contribution < -0.4 is 0 Å². The Balaban J connectivity index is 4.35. The first-order chi connectivity index (χ1) is 29.5. The Morgan fingerprint density at radius 1 is 0.350 bits per heavy atom. The van der Waals surface area contributed by atoms with Crippen molar-refractivity contribution < 1.29 is 28.6 Å². The third-order valence-electron chi connectivity index (χ3n) is 10.4. The molecule has 0 rings (SSSR count). The lowest BCUT2D eigenvalue weighted by Gasteiger charge is -2.18. The van der Waals surface area contributed by atoms with Gasteiger partial charge >= 0.3 is 17.9 Å². The fraction of sp³-hybridized carbons (Fsp3) is 0.722. The Kier molecular flexibility index (Phi) is 46.0. The molecule has 1 unspecified atom stereocenters. The molecule has 0 fully saturated rings. The van der Waals surface area contributed by atoms with Gasteiger partial charge in [0.15, 0.2) is 6.10 Å². The second-order valence-corrected chi connectivity index (χ2v) is 16.3. The van der Waals surface area contributed by atoms with Crippen LogP contribution in [0.1, 0.15) is 233 Å². The molecular weight excluding hydrogens is 745 g/mol. The van der Waals surface area contributed by atoms with Gasteiger partial charge in [-0.15, -0.1) is 0 Å². The van der Waals surface area contributed by atoms with Crippen molar-refractivity contribution in [2.45, 2.75) is 239 Å². The first kappa shape index (κ1) is 56.9. The second kappa shape index (κ2) is 48.5. The molecule has 344 valence electrons. The maximum Gasteiger partial charge on any atom is 0.306 e. The number of esters is 3. The third-order valence-corrected chi connectivity index (χ3v) is 10.4. The number of ether oxygens (including phenoxy) is 3. The number of rotatable bonds is 44. The molecule has 0 radical (unpaired) electrons. The lowest BCUT2D eigenvalue weighted by Crippen LogP contribution is -2.30. The van der Waals surface area contributed by atoms with Gasteiger partial charge < -0.3 is 14.2 Å². The van der Waals surface area contributed by atoms with Crippen LogP contribution in [0.5, 0.6) is 0 Å². The van der Waals surface area contributed by atoms with Crippen LogP contribution in [0.2, 0.25) is 0 Å². The van der Waals surface area contributed by atoms with E-state index >= 15 is 0 Å². The van der Waals surface area contributed by atoms with E-state index in [9.17, 15) is 14.4 Å². The Hall–Kier alpha value is -3.15. The Morgan fingerprint density at radius 2 is 0.650 bits per heavy atom. The lowest BCUT2D eigenvalue weighted by atomic mass is 10.1. The maximum absolute atomic E-state index is 12.7. The predicted molar refractivity (Wildman–Crippen MR) is 256 cm³/mol. The van der Waals surface area contributed by atoms with Crippen LogP contribution in [-0.2, 0) is 28.6 Å².